The molecule has 1 aromatic rings. The molecule has 1 fully saturated rings. The smallest absolute Gasteiger partial charge is 0.165 e. The summed E-state index contributed by atoms with van der Waals surface area (Å²) in [4.78, 5) is 2.28. The lowest BCUT2D eigenvalue weighted by Crippen LogP contribution is -2.56. The van der Waals surface area contributed by atoms with E-state index < -0.39 is 0 Å². The number of rotatable bonds is 4. The number of halogens is 1. The van der Waals surface area contributed by atoms with E-state index in [9.17, 15) is 4.39 Å². The Morgan fingerprint density at radius 1 is 1.47 bits per heavy atom. The molecule has 1 saturated heterocycles. The zero-order chi connectivity index (χ0) is 12.4. The van der Waals surface area contributed by atoms with Crippen LogP contribution in [-0.2, 0) is 0 Å². The van der Waals surface area contributed by atoms with Crippen LogP contribution in [0.25, 0.3) is 0 Å². The molecule has 1 N–H and O–H groups in total. The highest BCUT2D eigenvalue weighted by molar-refractivity contribution is 5.30. The first-order valence-corrected chi connectivity index (χ1v) is 5.89. The second-order valence-corrected chi connectivity index (χ2v) is 4.55. The van der Waals surface area contributed by atoms with Crippen molar-refractivity contribution in [1.29, 1.82) is 0 Å². The molecular weight excluding hydrogens is 219 g/mol. The van der Waals surface area contributed by atoms with Crippen molar-refractivity contribution >= 4 is 0 Å². The number of hydrogen-bond acceptors (Lipinski definition) is 3. The Hall–Kier alpha value is -1.13. The molecule has 17 heavy (non-hydrogen) atoms. The summed E-state index contributed by atoms with van der Waals surface area (Å²) in [6.45, 7) is 4.12. The molecule has 1 aliphatic rings. The minimum absolute atomic E-state index is 0.211. The van der Waals surface area contributed by atoms with Crippen molar-refractivity contribution in [2.75, 3.05) is 27.2 Å². The van der Waals surface area contributed by atoms with Gasteiger partial charge >= 0.3 is 0 Å². The summed E-state index contributed by atoms with van der Waals surface area (Å²) in [5.74, 6) is 0.00546. The highest BCUT2D eigenvalue weighted by atomic mass is 19.1. The Bertz CT molecular complexity index is 393. The Kier molecular flexibility index (Phi) is 3.64. The fourth-order valence-electron chi connectivity index (χ4n) is 2.06. The third kappa shape index (κ3) is 2.42. The van der Waals surface area contributed by atoms with Crippen molar-refractivity contribution in [2.24, 2.45) is 0 Å². The maximum Gasteiger partial charge on any atom is 0.165 e. The third-order valence-electron chi connectivity index (χ3n) is 3.61. The number of benzene rings is 1. The van der Waals surface area contributed by atoms with Crippen LogP contribution in [0.15, 0.2) is 18.2 Å². The first-order valence-electron chi connectivity index (χ1n) is 5.89. The molecule has 94 valence electrons. The second-order valence-electron chi connectivity index (χ2n) is 4.55. The lowest BCUT2D eigenvalue weighted by atomic mass is 10.0. The van der Waals surface area contributed by atoms with Gasteiger partial charge in [0.15, 0.2) is 11.6 Å². The fraction of sp³-hybridized carbons (Fsp3) is 0.538. The number of ether oxygens (including phenoxy) is 1. The van der Waals surface area contributed by atoms with Gasteiger partial charge in [-0.2, -0.15) is 0 Å². The molecular formula is C13H19FN2O. The molecule has 3 nitrogen and oxygen atoms in total. The van der Waals surface area contributed by atoms with Gasteiger partial charge in [0.25, 0.3) is 0 Å². The standard InChI is InChI=1S/C13H19FN2O/c1-9(16(2)11-7-15-8-11)10-4-5-13(17-3)12(14)6-10/h4-6,9,11,15H,7-8H2,1-3H3. The number of likely N-dealkylation sites (N-methyl/N-ethyl adjacent to an activating group) is 1. The van der Waals surface area contributed by atoms with Crippen LogP contribution in [0.2, 0.25) is 0 Å². The summed E-state index contributed by atoms with van der Waals surface area (Å²) in [5, 5.41) is 3.24. The van der Waals surface area contributed by atoms with Gasteiger partial charge < -0.3 is 10.1 Å². The van der Waals surface area contributed by atoms with Gasteiger partial charge in [0.1, 0.15) is 0 Å². The minimum Gasteiger partial charge on any atom is -0.494 e. The molecule has 1 aromatic carbocycles. The molecule has 0 aliphatic carbocycles. The van der Waals surface area contributed by atoms with E-state index in [4.69, 9.17) is 4.74 Å². The van der Waals surface area contributed by atoms with Crippen LogP contribution < -0.4 is 10.1 Å². The normalized spacial score (nSPS) is 17.9. The van der Waals surface area contributed by atoms with E-state index in [0.717, 1.165) is 18.7 Å². The Labute approximate surface area is 102 Å². The van der Waals surface area contributed by atoms with Gasteiger partial charge in [-0.3, -0.25) is 4.90 Å². The van der Waals surface area contributed by atoms with E-state index in [1.54, 1.807) is 12.1 Å². The lowest BCUT2D eigenvalue weighted by molar-refractivity contribution is 0.136. The first kappa shape index (κ1) is 12.3. The topological polar surface area (TPSA) is 24.5 Å². The molecule has 0 amide bonds. The molecule has 4 heteroatoms. The van der Waals surface area contributed by atoms with Crippen LogP contribution in [0.3, 0.4) is 0 Å². The summed E-state index contributed by atoms with van der Waals surface area (Å²) in [6.07, 6.45) is 0. The maximum atomic E-state index is 13.6. The van der Waals surface area contributed by atoms with Crippen LogP contribution in [0, 0.1) is 5.82 Å². The Morgan fingerprint density at radius 3 is 2.65 bits per heavy atom. The second kappa shape index (κ2) is 5.02. The number of nitrogens with one attached hydrogen (secondary N) is 1. The average Bonchev–Trinajstić information content (AvgIpc) is 2.25. The van der Waals surface area contributed by atoms with Gasteiger partial charge in [-0.1, -0.05) is 6.07 Å². The molecule has 0 spiro atoms. The molecule has 0 bridgehead atoms. The number of methoxy groups -OCH3 is 1. The summed E-state index contributed by atoms with van der Waals surface area (Å²) < 4.78 is 18.5. The van der Waals surface area contributed by atoms with Gasteiger partial charge in [-0.05, 0) is 31.7 Å². The summed E-state index contributed by atoms with van der Waals surface area (Å²) in [6, 6.07) is 5.94. The van der Waals surface area contributed by atoms with Crippen LogP contribution >= 0.6 is 0 Å². The Morgan fingerprint density at radius 2 is 2.18 bits per heavy atom. The first-order chi connectivity index (χ1) is 8.13. The zero-order valence-corrected chi connectivity index (χ0v) is 10.5. The van der Waals surface area contributed by atoms with E-state index in [1.165, 1.54) is 7.11 Å². The van der Waals surface area contributed by atoms with Crippen LogP contribution in [0.1, 0.15) is 18.5 Å². The Balaban J connectivity index is 2.12. The maximum absolute atomic E-state index is 13.6. The third-order valence-corrected chi connectivity index (χ3v) is 3.61. The number of nitrogens with zero attached hydrogens (tertiary/aromatic N) is 1. The molecule has 1 aliphatic heterocycles. The molecule has 0 aromatic heterocycles. The predicted molar refractivity (Wildman–Crippen MR) is 65.8 cm³/mol. The lowest BCUT2D eigenvalue weighted by Gasteiger charge is -2.39. The van der Waals surface area contributed by atoms with Crippen molar-refractivity contribution in [2.45, 2.75) is 19.0 Å². The van der Waals surface area contributed by atoms with Crippen LogP contribution in [-0.4, -0.2) is 38.2 Å². The minimum atomic E-state index is -0.294. The van der Waals surface area contributed by atoms with E-state index in [-0.39, 0.29) is 11.9 Å². The SMILES string of the molecule is COc1ccc(C(C)N(C)C2CNC2)cc1F. The molecule has 1 unspecified atom stereocenters. The number of hydrogen-bond donors (Lipinski definition) is 1. The van der Waals surface area contributed by atoms with Crippen LogP contribution in [0.5, 0.6) is 5.75 Å². The highest BCUT2D eigenvalue weighted by Gasteiger charge is 2.26. The summed E-state index contributed by atoms with van der Waals surface area (Å²) in [5.41, 5.74) is 0.984. The van der Waals surface area contributed by atoms with Crippen molar-refractivity contribution in [1.82, 2.24) is 10.2 Å². The molecule has 0 saturated carbocycles. The van der Waals surface area contributed by atoms with Crippen molar-refractivity contribution in [3.63, 3.8) is 0 Å². The van der Waals surface area contributed by atoms with Gasteiger partial charge in [0.2, 0.25) is 0 Å². The summed E-state index contributed by atoms with van der Waals surface area (Å²) >= 11 is 0. The van der Waals surface area contributed by atoms with Gasteiger partial charge in [-0.15, -0.1) is 0 Å². The molecule has 2 rings (SSSR count). The van der Waals surface area contributed by atoms with E-state index in [1.807, 2.05) is 6.07 Å². The van der Waals surface area contributed by atoms with Crippen LogP contribution in [0.4, 0.5) is 4.39 Å². The zero-order valence-electron chi connectivity index (χ0n) is 10.5. The molecule has 0 radical (unpaired) electrons. The predicted octanol–water partition coefficient (Wildman–Crippen LogP) is 1.80. The monoisotopic (exact) mass is 238 g/mol. The van der Waals surface area contributed by atoms with Crippen molar-refractivity contribution < 1.29 is 9.13 Å². The highest BCUT2D eigenvalue weighted by Crippen LogP contribution is 2.26. The van der Waals surface area contributed by atoms with Gasteiger partial charge in [0.05, 0.1) is 7.11 Å². The summed E-state index contributed by atoms with van der Waals surface area (Å²) in [7, 11) is 3.56. The quantitative estimate of drug-likeness (QED) is 0.865. The van der Waals surface area contributed by atoms with Crippen molar-refractivity contribution in [3.05, 3.63) is 29.6 Å². The van der Waals surface area contributed by atoms with E-state index >= 15 is 0 Å². The van der Waals surface area contributed by atoms with Gasteiger partial charge in [0, 0.05) is 25.2 Å². The molecule has 1 atom stereocenters. The van der Waals surface area contributed by atoms with Gasteiger partial charge in [-0.25, -0.2) is 4.39 Å². The van der Waals surface area contributed by atoms with Crippen molar-refractivity contribution in [3.8, 4) is 5.75 Å². The van der Waals surface area contributed by atoms with E-state index in [2.05, 4.69) is 24.2 Å². The average molecular weight is 238 g/mol. The fourth-order valence-corrected chi connectivity index (χ4v) is 2.06. The molecule has 1 heterocycles. The largest absolute Gasteiger partial charge is 0.494 e. The van der Waals surface area contributed by atoms with E-state index in [0.29, 0.717) is 11.8 Å².